The number of alkyl halides is 3. The average Bonchev–Trinajstić information content (AvgIpc) is 3.34. The molecule has 7 nitrogen and oxygen atoms in total. The van der Waals surface area contributed by atoms with E-state index < -0.39 is 24.1 Å². The molecule has 1 aliphatic rings. The summed E-state index contributed by atoms with van der Waals surface area (Å²) in [6, 6.07) is 12.7. The van der Waals surface area contributed by atoms with Crippen molar-refractivity contribution >= 4 is 17.8 Å². The van der Waals surface area contributed by atoms with Crippen molar-refractivity contribution < 1.29 is 37.1 Å². The molecule has 0 saturated carbocycles. The van der Waals surface area contributed by atoms with Crippen LogP contribution in [-0.4, -0.2) is 72.1 Å². The van der Waals surface area contributed by atoms with E-state index in [9.17, 15) is 27.2 Å². The number of likely N-dealkylation sites (tertiary alicyclic amines) is 1. The third-order valence-electron chi connectivity index (χ3n) is 5.46. The van der Waals surface area contributed by atoms with Crippen molar-refractivity contribution in [3.63, 3.8) is 0 Å². The second-order valence-electron chi connectivity index (χ2n) is 8.20. The third kappa shape index (κ3) is 7.51. The highest BCUT2D eigenvalue weighted by molar-refractivity contribution is 5.93. The molecule has 1 aliphatic heterocycles. The van der Waals surface area contributed by atoms with Gasteiger partial charge in [0.25, 0.3) is 0 Å². The second kappa shape index (κ2) is 11.8. The van der Waals surface area contributed by atoms with Gasteiger partial charge in [-0.05, 0) is 41.7 Å². The molecule has 1 saturated heterocycles. The summed E-state index contributed by atoms with van der Waals surface area (Å²) in [5.74, 6) is -4.17. The Morgan fingerprint density at radius 2 is 1.37 bits per heavy atom. The Hall–Kier alpha value is -3.47. The summed E-state index contributed by atoms with van der Waals surface area (Å²) in [5.41, 5.74) is 8.77. The van der Waals surface area contributed by atoms with E-state index in [0.29, 0.717) is 18.7 Å². The number of amides is 2. The van der Waals surface area contributed by atoms with E-state index in [1.54, 1.807) is 31.1 Å². The van der Waals surface area contributed by atoms with Gasteiger partial charge in [-0.2, -0.15) is 13.2 Å². The van der Waals surface area contributed by atoms with Crippen LogP contribution in [0.3, 0.4) is 0 Å². The Morgan fingerprint density at radius 3 is 1.77 bits per heavy atom. The summed E-state index contributed by atoms with van der Waals surface area (Å²) in [6.07, 6.45) is -3.14. The van der Waals surface area contributed by atoms with E-state index >= 15 is 0 Å². The zero-order valence-corrected chi connectivity index (χ0v) is 19.3. The summed E-state index contributed by atoms with van der Waals surface area (Å²) >= 11 is 0. The van der Waals surface area contributed by atoms with Crippen LogP contribution in [0.1, 0.15) is 24.3 Å². The number of rotatable bonds is 5. The highest BCUT2D eigenvalue weighted by Crippen LogP contribution is 2.27. The third-order valence-corrected chi connectivity index (χ3v) is 5.46. The van der Waals surface area contributed by atoms with Crippen molar-refractivity contribution in [1.82, 2.24) is 9.80 Å². The molecule has 0 aromatic heterocycles. The van der Waals surface area contributed by atoms with E-state index in [2.05, 4.69) is 0 Å². The SMILES string of the molecule is CN(C)C(=O)[C@@H](c1ccc(-c2ccc(F)cc2)cc1)[C@H](N)C(=O)N1CCCC1.O=C(O)C(F)(F)F. The molecule has 3 N–H and O–H groups in total. The molecule has 2 aromatic carbocycles. The molecular formula is C24H27F4N3O4. The Kier molecular flexibility index (Phi) is 9.35. The molecule has 0 aliphatic carbocycles. The van der Waals surface area contributed by atoms with Crippen LogP contribution in [0.2, 0.25) is 0 Å². The number of nitrogens with two attached hydrogens (primary N) is 1. The first kappa shape index (κ1) is 27.8. The van der Waals surface area contributed by atoms with Gasteiger partial charge in [0.15, 0.2) is 0 Å². The summed E-state index contributed by atoms with van der Waals surface area (Å²) < 4.78 is 44.9. The van der Waals surface area contributed by atoms with Crippen molar-refractivity contribution in [2.75, 3.05) is 27.2 Å². The van der Waals surface area contributed by atoms with E-state index in [1.165, 1.54) is 17.0 Å². The Morgan fingerprint density at radius 1 is 0.943 bits per heavy atom. The van der Waals surface area contributed by atoms with E-state index in [0.717, 1.165) is 24.0 Å². The molecule has 0 unspecified atom stereocenters. The lowest BCUT2D eigenvalue weighted by atomic mass is 9.88. The first-order valence-corrected chi connectivity index (χ1v) is 10.7. The van der Waals surface area contributed by atoms with Crippen molar-refractivity contribution in [2.24, 2.45) is 5.73 Å². The number of benzene rings is 2. The quantitative estimate of drug-likeness (QED) is 0.618. The first-order chi connectivity index (χ1) is 16.3. The van der Waals surface area contributed by atoms with Gasteiger partial charge in [0.1, 0.15) is 11.9 Å². The molecule has 3 rings (SSSR count). The molecule has 0 spiro atoms. The Labute approximate surface area is 200 Å². The first-order valence-electron chi connectivity index (χ1n) is 10.7. The van der Waals surface area contributed by atoms with Crippen LogP contribution in [0, 0.1) is 5.82 Å². The number of hydrogen-bond acceptors (Lipinski definition) is 4. The fourth-order valence-corrected chi connectivity index (χ4v) is 3.60. The molecule has 2 atom stereocenters. The zero-order valence-electron chi connectivity index (χ0n) is 19.3. The van der Waals surface area contributed by atoms with Crippen molar-refractivity contribution in [3.8, 4) is 11.1 Å². The maximum atomic E-state index is 13.1. The van der Waals surface area contributed by atoms with E-state index in [1.807, 2.05) is 24.3 Å². The zero-order chi connectivity index (χ0) is 26.3. The van der Waals surface area contributed by atoms with Crippen LogP contribution >= 0.6 is 0 Å². The lowest BCUT2D eigenvalue weighted by Gasteiger charge is -2.28. The normalized spacial score (nSPS) is 15.0. The molecule has 190 valence electrons. The minimum atomic E-state index is -5.08. The lowest BCUT2D eigenvalue weighted by Crippen LogP contribution is -2.50. The standard InChI is InChI=1S/C22H26FN3O2.C2HF3O2/c1-25(2)21(27)19(20(24)22(28)26-13-3-4-14-26)17-7-5-15(6-8-17)16-9-11-18(23)12-10-16;3-2(4,5)1(6)7/h5-12,19-20H,3-4,13-14,24H2,1-2H3;(H,6,7)/t19-,20-;/m0./s1. The number of hydrogen-bond donors (Lipinski definition) is 2. The number of nitrogens with zero attached hydrogens (tertiary/aromatic N) is 2. The summed E-state index contributed by atoms with van der Waals surface area (Å²) in [4.78, 5) is 37.7. The van der Waals surface area contributed by atoms with Gasteiger partial charge in [0, 0.05) is 27.2 Å². The molecule has 2 amide bonds. The van der Waals surface area contributed by atoms with Crippen molar-refractivity contribution in [1.29, 1.82) is 0 Å². The van der Waals surface area contributed by atoms with Crippen LogP contribution in [0.25, 0.3) is 11.1 Å². The molecule has 35 heavy (non-hydrogen) atoms. The van der Waals surface area contributed by atoms with Gasteiger partial charge >= 0.3 is 12.1 Å². The van der Waals surface area contributed by atoms with Crippen molar-refractivity contribution in [3.05, 3.63) is 59.9 Å². The van der Waals surface area contributed by atoms with Gasteiger partial charge in [0.05, 0.1) is 5.92 Å². The number of carbonyl (C=O) groups excluding carboxylic acids is 2. The summed E-state index contributed by atoms with van der Waals surface area (Å²) in [6.45, 7) is 1.39. The van der Waals surface area contributed by atoms with Gasteiger partial charge in [-0.1, -0.05) is 36.4 Å². The topological polar surface area (TPSA) is 104 Å². The number of halogens is 4. The van der Waals surface area contributed by atoms with Gasteiger partial charge in [0.2, 0.25) is 11.8 Å². The second-order valence-corrected chi connectivity index (χ2v) is 8.20. The predicted octanol–water partition coefficient (Wildman–Crippen LogP) is 3.25. The predicted molar refractivity (Wildman–Crippen MR) is 121 cm³/mol. The van der Waals surface area contributed by atoms with Crippen LogP contribution < -0.4 is 5.73 Å². The highest BCUT2D eigenvalue weighted by atomic mass is 19.4. The molecule has 11 heteroatoms. The van der Waals surface area contributed by atoms with E-state index in [4.69, 9.17) is 15.6 Å². The Bertz CT molecular complexity index is 1020. The molecule has 2 aromatic rings. The lowest BCUT2D eigenvalue weighted by molar-refractivity contribution is -0.192. The van der Waals surface area contributed by atoms with Gasteiger partial charge in [-0.25, -0.2) is 9.18 Å². The maximum absolute atomic E-state index is 13.1. The van der Waals surface area contributed by atoms with Crippen LogP contribution in [0.4, 0.5) is 17.6 Å². The Balaban J connectivity index is 0.000000540. The van der Waals surface area contributed by atoms with Crippen LogP contribution in [-0.2, 0) is 14.4 Å². The van der Waals surface area contributed by atoms with Gasteiger partial charge in [-0.3, -0.25) is 9.59 Å². The number of likely N-dealkylation sites (N-methyl/N-ethyl adjacent to an activating group) is 1. The minimum absolute atomic E-state index is 0.180. The molecular weight excluding hydrogens is 470 g/mol. The van der Waals surface area contributed by atoms with Gasteiger partial charge < -0.3 is 20.6 Å². The maximum Gasteiger partial charge on any atom is 0.490 e. The molecule has 1 heterocycles. The van der Waals surface area contributed by atoms with Crippen LogP contribution in [0.15, 0.2) is 48.5 Å². The number of aliphatic carboxylic acids is 1. The highest BCUT2D eigenvalue weighted by Gasteiger charge is 2.38. The smallest absolute Gasteiger partial charge is 0.475 e. The molecule has 0 bridgehead atoms. The molecule has 0 radical (unpaired) electrons. The monoisotopic (exact) mass is 497 g/mol. The fourth-order valence-electron chi connectivity index (χ4n) is 3.60. The van der Waals surface area contributed by atoms with Crippen LogP contribution in [0.5, 0.6) is 0 Å². The summed E-state index contributed by atoms with van der Waals surface area (Å²) in [7, 11) is 3.32. The van der Waals surface area contributed by atoms with E-state index in [-0.39, 0.29) is 17.6 Å². The largest absolute Gasteiger partial charge is 0.490 e. The number of carbonyl (C=O) groups is 3. The number of carboxylic acids is 1. The summed E-state index contributed by atoms with van der Waals surface area (Å²) in [5, 5.41) is 7.12. The fraction of sp³-hybridized carbons (Fsp3) is 0.375. The molecule has 1 fully saturated rings. The average molecular weight is 497 g/mol. The van der Waals surface area contributed by atoms with Gasteiger partial charge in [-0.15, -0.1) is 0 Å². The number of carboxylic acid groups (broad SMARTS) is 1. The van der Waals surface area contributed by atoms with Crippen molar-refractivity contribution in [2.45, 2.75) is 31.0 Å². The minimum Gasteiger partial charge on any atom is -0.475 e.